The van der Waals surface area contributed by atoms with Crippen molar-refractivity contribution in [3.63, 3.8) is 0 Å². The number of thiazole rings is 1. The summed E-state index contributed by atoms with van der Waals surface area (Å²) in [4.78, 5) is 19.9. The van der Waals surface area contributed by atoms with Gasteiger partial charge in [-0.15, -0.1) is 0 Å². The first-order chi connectivity index (χ1) is 18.2. The molecule has 0 bridgehead atoms. The minimum atomic E-state index is -0.259. The second kappa shape index (κ2) is 8.71. The maximum absolute atomic E-state index is 14.1. The molecule has 0 N–H and O–H groups in total. The zero-order valence-electron chi connectivity index (χ0n) is 20.3. The van der Waals surface area contributed by atoms with Gasteiger partial charge in [0.2, 0.25) is 0 Å². The zero-order chi connectivity index (χ0) is 24.9. The van der Waals surface area contributed by atoms with Gasteiger partial charge in [-0.2, -0.15) is 0 Å². The Kier molecular flexibility index (Phi) is 5.18. The third kappa shape index (κ3) is 3.50. The van der Waals surface area contributed by atoms with Crippen LogP contribution in [0.4, 0.5) is 0 Å². The van der Waals surface area contributed by atoms with Gasteiger partial charge in [0, 0.05) is 11.1 Å². The summed E-state index contributed by atoms with van der Waals surface area (Å²) < 4.78 is 8.34. The van der Waals surface area contributed by atoms with E-state index in [0.717, 1.165) is 56.6 Å². The van der Waals surface area contributed by atoms with Gasteiger partial charge in [-0.25, -0.2) is 4.99 Å². The van der Waals surface area contributed by atoms with E-state index in [4.69, 9.17) is 9.73 Å². The van der Waals surface area contributed by atoms with Gasteiger partial charge in [0.05, 0.1) is 23.4 Å². The Balaban J connectivity index is 1.52. The fourth-order valence-electron chi connectivity index (χ4n) is 5.71. The van der Waals surface area contributed by atoms with E-state index in [1.54, 1.807) is 7.11 Å². The summed E-state index contributed by atoms with van der Waals surface area (Å²) in [6, 6.07) is 30.7. The smallest absolute Gasteiger partial charge is 0.271 e. The van der Waals surface area contributed by atoms with Crippen LogP contribution < -0.4 is 19.6 Å². The second-order valence-corrected chi connectivity index (χ2v) is 10.4. The second-order valence-electron chi connectivity index (χ2n) is 9.42. The van der Waals surface area contributed by atoms with Gasteiger partial charge in [-0.3, -0.25) is 9.36 Å². The van der Waals surface area contributed by atoms with E-state index in [-0.39, 0.29) is 11.6 Å². The summed E-state index contributed by atoms with van der Waals surface area (Å²) in [7, 11) is 1.69. The molecule has 0 spiro atoms. The summed E-state index contributed by atoms with van der Waals surface area (Å²) in [5.74, 6) is 0.781. The number of hydrogen-bond donors (Lipinski definition) is 0. The van der Waals surface area contributed by atoms with E-state index in [2.05, 4.69) is 54.6 Å². The fraction of sp³-hybridized carbons (Fsp3) is 0.125. The number of aryl methyl sites for hydroxylation is 1. The van der Waals surface area contributed by atoms with Crippen molar-refractivity contribution >= 4 is 33.9 Å². The van der Waals surface area contributed by atoms with Crippen LogP contribution >= 0.6 is 11.3 Å². The van der Waals surface area contributed by atoms with E-state index in [1.807, 2.05) is 47.0 Å². The lowest BCUT2D eigenvalue weighted by Crippen LogP contribution is -2.39. The molecule has 37 heavy (non-hydrogen) atoms. The van der Waals surface area contributed by atoms with Gasteiger partial charge in [-0.05, 0) is 52.5 Å². The number of benzene rings is 4. The highest BCUT2D eigenvalue weighted by Gasteiger charge is 2.33. The molecule has 0 saturated heterocycles. The summed E-state index contributed by atoms with van der Waals surface area (Å²) in [5.41, 5.74) is 6.64. The average molecular weight is 501 g/mol. The van der Waals surface area contributed by atoms with Crippen molar-refractivity contribution in [3.05, 3.63) is 139 Å². The Hall–Kier alpha value is -4.22. The summed E-state index contributed by atoms with van der Waals surface area (Å²) >= 11 is 1.46. The number of methoxy groups -OCH3 is 1. The first kappa shape index (κ1) is 22.0. The van der Waals surface area contributed by atoms with Crippen molar-refractivity contribution in [3.8, 4) is 5.75 Å². The van der Waals surface area contributed by atoms with Crippen LogP contribution in [0.2, 0.25) is 0 Å². The fourth-order valence-corrected chi connectivity index (χ4v) is 6.70. The highest BCUT2D eigenvalue weighted by Crippen LogP contribution is 2.43. The number of rotatable bonds is 3. The topological polar surface area (TPSA) is 43.6 Å². The van der Waals surface area contributed by atoms with E-state index in [1.165, 1.54) is 22.5 Å². The number of allylic oxidation sites excluding steroid dienone is 1. The number of ether oxygens (including phenoxy) is 1. The molecule has 1 aromatic heterocycles. The highest BCUT2D eigenvalue weighted by atomic mass is 32.1. The molecular weight excluding hydrogens is 476 g/mol. The Labute approximate surface area is 218 Å². The molecule has 7 rings (SSSR count). The molecule has 4 aromatic carbocycles. The SMILES string of the molecule is COc1ccccc1[C@@H]1C2=C(N=c3s/c(=C/c4cccc5ccccc45)c(=O)n31)c1ccccc1CC2. The molecule has 4 nitrogen and oxygen atoms in total. The van der Waals surface area contributed by atoms with Crippen molar-refractivity contribution < 1.29 is 4.74 Å². The largest absolute Gasteiger partial charge is 0.496 e. The number of nitrogens with zero attached hydrogens (tertiary/aromatic N) is 2. The Morgan fingerprint density at radius 3 is 2.62 bits per heavy atom. The van der Waals surface area contributed by atoms with Crippen molar-refractivity contribution in [2.75, 3.05) is 7.11 Å². The van der Waals surface area contributed by atoms with Crippen molar-refractivity contribution in [2.45, 2.75) is 18.9 Å². The van der Waals surface area contributed by atoms with Crippen LogP contribution in [0.15, 0.2) is 106 Å². The number of fused-ring (bicyclic) bond motifs is 4. The molecule has 1 atom stereocenters. The van der Waals surface area contributed by atoms with Crippen LogP contribution in [0, 0.1) is 0 Å². The van der Waals surface area contributed by atoms with Crippen molar-refractivity contribution in [1.82, 2.24) is 4.57 Å². The molecule has 2 heterocycles. The van der Waals surface area contributed by atoms with Gasteiger partial charge in [0.1, 0.15) is 5.75 Å². The van der Waals surface area contributed by atoms with Crippen LogP contribution in [0.1, 0.15) is 34.7 Å². The molecule has 0 unspecified atom stereocenters. The third-order valence-electron chi connectivity index (χ3n) is 7.42. The minimum Gasteiger partial charge on any atom is -0.496 e. The molecule has 5 heteroatoms. The summed E-state index contributed by atoms with van der Waals surface area (Å²) in [6.07, 6.45) is 3.80. The van der Waals surface area contributed by atoms with E-state index >= 15 is 0 Å². The van der Waals surface area contributed by atoms with Gasteiger partial charge < -0.3 is 4.74 Å². The molecule has 0 amide bonds. The van der Waals surface area contributed by atoms with Crippen LogP contribution in [0.25, 0.3) is 22.5 Å². The lowest BCUT2D eigenvalue weighted by Gasteiger charge is -2.31. The molecule has 0 radical (unpaired) electrons. The van der Waals surface area contributed by atoms with E-state index < -0.39 is 0 Å². The molecule has 0 fully saturated rings. The first-order valence-electron chi connectivity index (χ1n) is 12.5. The van der Waals surface area contributed by atoms with Gasteiger partial charge in [-0.1, -0.05) is 96.3 Å². The quantitative estimate of drug-likeness (QED) is 0.329. The number of para-hydroxylation sites is 1. The predicted octanol–water partition coefficient (Wildman–Crippen LogP) is 5.48. The zero-order valence-corrected chi connectivity index (χ0v) is 21.2. The monoisotopic (exact) mass is 500 g/mol. The number of hydrogen-bond acceptors (Lipinski definition) is 4. The highest BCUT2D eigenvalue weighted by molar-refractivity contribution is 7.07. The van der Waals surface area contributed by atoms with Crippen LogP contribution in [-0.4, -0.2) is 11.7 Å². The third-order valence-corrected chi connectivity index (χ3v) is 8.40. The molecular formula is C32H24N2O2S. The molecule has 1 aliphatic heterocycles. The molecule has 5 aromatic rings. The van der Waals surface area contributed by atoms with Crippen LogP contribution in [0.5, 0.6) is 5.75 Å². The van der Waals surface area contributed by atoms with Gasteiger partial charge in [0.15, 0.2) is 4.80 Å². The minimum absolute atomic E-state index is 0.0157. The maximum Gasteiger partial charge on any atom is 0.271 e. The Bertz CT molecular complexity index is 1910. The van der Waals surface area contributed by atoms with Crippen LogP contribution in [0.3, 0.4) is 0 Å². The van der Waals surface area contributed by atoms with Gasteiger partial charge in [0.25, 0.3) is 5.56 Å². The van der Waals surface area contributed by atoms with E-state index in [0.29, 0.717) is 4.53 Å². The van der Waals surface area contributed by atoms with E-state index in [9.17, 15) is 4.79 Å². The van der Waals surface area contributed by atoms with Gasteiger partial charge >= 0.3 is 0 Å². The van der Waals surface area contributed by atoms with Crippen molar-refractivity contribution in [1.29, 1.82) is 0 Å². The Morgan fingerprint density at radius 2 is 1.70 bits per heavy atom. The number of aromatic nitrogens is 1. The summed E-state index contributed by atoms with van der Waals surface area (Å²) in [6.45, 7) is 0. The predicted molar refractivity (Wildman–Crippen MR) is 150 cm³/mol. The molecule has 1 aliphatic carbocycles. The molecule has 2 aliphatic rings. The Morgan fingerprint density at radius 1 is 0.919 bits per heavy atom. The van der Waals surface area contributed by atoms with Crippen LogP contribution in [-0.2, 0) is 6.42 Å². The lowest BCUT2D eigenvalue weighted by molar-refractivity contribution is 0.402. The molecule has 180 valence electrons. The molecule has 0 saturated carbocycles. The summed E-state index contributed by atoms with van der Waals surface area (Å²) in [5, 5.41) is 2.29. The normalized spacial score (nSPS) is 16.7. The average Bonchev–Trinajstić information content (AvgIpc) is 3.26. The maximum atomic E-state index is 14.1. The standard InChI is InChI=1S/C32H24N2O2S/c1-36-27-16-7-6-15-25(27)30-26-18-17-21-10-3-5-14-24(21)29(26)33-32-34(30)31(35)28(37-32)19-22-12-8-11-20-9-2-4-13-23(20)22/h2-16,19,30H,17-18H2,1H3/b28-19+/t30-/m1/s1. The lowest BCUT2D eigenvalue weighted by atomic mass is 9.83. The first-order valence-corrected chi connectivity index (χ1v) is 13.3. The van der Waals surface area contributed by atoms with Crippen molar-refractivity contribution in [2.24, 2.45) is 4.99 Å².